The fourth-order valence-electron chi connectivity index (χ4n) is 2.27. The third-order valence-corrected chi connectivity index (χ3v) is 3.40. The van der Waals surface area contributed by atoms with Crippen molar-refractivity contribution in [1.82, 2.24) is 0 Å². The van der Waals surface area contributed by atoms with Crippen molar-refractivity contribution in [2.45, 2.75) is 33.1 Å². The van der Waals surface area contributed by atoms with E-state index in [-0.39, 0.29) is 17.9 Å². The summed E-state index contributed by atoms with van der Waals surface area (Å²) in [6, 6.07) is 8.97. The fourth-order valence-corrected chi connectivity index (χ4v) is 2.27. The van der Waals surface area contributed by atoms with Crippen LogP contribution in [0.25, 0.3) is 0 Å². The minimum Gasteiger partial charge on any atom is -0.469 e. The molecule has 0 fully saturated rings. The smallest absolute Gasteiger partial charge is 0.338 e. The Morgan fingerprint density at radius 2 is 1.76 bits per heavy atom. The van der Waals surface area contributed by atoms with Gasteiger partial charge in [0, 0.05) is 6.42 Å². The van der Waals surface area contributed by atoms with Crippen LogP contribution in [0.1, 0.15) is 43.5 Å². The summed E-state index contributed by atoms with van der Waals surface area (Å²) in [5.74, 6) is 0.209. The Kier molecular flexibility index (Phi) is 7.51. The van der Waals surface area contributed by atoms with E-state index in [1.165, 1.54) is 7.11 Å². The molecule has 0 aromatic heterocycles. The number of hydrogen-bond donors (Lipinski definition) is 0. The minimum absolute atomic E-state index is 0.176. The van der Waals surface area contributed by atoms with Gasteiger partial charge >= 0.3 is 11.9 Å². The molecule has 1 aromatic rings. The summed E-state index contributed by atoms with van der Waals surface area (Å²) in [7, 11) is 1.40. The quantitative estimate of drug-likeness (QED) is 0.689. The molecule has 0 aliphatic heterocycles. The molecule has 0 amide bonds. The molecule has 0 aliphatic rings. The monoisotopic (exact) mass is 292 g/mol. The first-order valence-electron chi connectivity index (χ1n) is 7.32. The van der Waals surface area contributed by atoms with Crippen molar-refractivity contribution in [3.05, 3.63) is 35.9 Å². The summed E-state index contributed by atoms with van der Waals surface area (Å²) in [4.78, 5) is 22.9. The Hall–Kier alpha value is -1.84. The van der Waals surface area contributed by atoms with Gasteiger partial charge in [0.1, 0.15) is 0 Å². The number of esters is 2. The number of carbonyl (C=O) groups excluding carboxylic acids is 2. The van der Waals surface area contributed by atoms with Crippen molar-refractivity contribution < 1.29 is 19.1 Å². The summed E-state index contributed by atoms with van der Waals surface area (Å²) in [6.07, 6.45) is 2.15. The fraction of sp³-hybridized carbons (Fsp3) is 0.529. The van der Waals surface area contributed by atoms with E-state index in [0.29, 0.717) is 24.5 Å². The van der Waals surface area contributed by atoms with E-state index in [9.17, 15) is 9.59 Å². The Labute approximate surface area is 126 Å². The summed E-state index contributed by atoms with van der Waals surface area (Å²) in [5, 5.41) is 0. The molecule has 21 heavy (non-hydrogen) atoms. The predicted molar refractivity (Wildman–Crippen MR) is 80.9 cm³/mol. The van der Waals surface area contributed by atoms with Crippen LogP contribution < -0.4 is 0 Å². The van der Waals surface area contributed by atoms with Crippen molar-refractivity contribution in [3.63, 3.8) is 0 Å². The summed E-state index contributed by atoms with van der Waals surface area (Å²) < 4.78 is 9.91. The molecule has 0 bridgehead atoms. The van der Waals surface area contributed by atoms with E-state index in [4.69, 9.17) is 4.74 Å². The van der Waals surface area contributed by atoms with Gasteiger partial charge in [0.15, 0.2) is 0 Å². The van der Waals surface area contributed by atoms with Gasteiger partial charge in [-0.05, 0) is 36.8 Å². The second-order valence-electron chi connectivity index (χ2n) is 5.52. The first-order valence-corrected chi connectivity index (χ1v) is 7.32. The molecule has 0 spiro atoms. The third kappa shape index (κ3) is 6.93. The normalized spacial score (nSPS) is 13.3. The lowest BCUT2D eigenvalue weighted by Gasteiger charge is -2.16. The van der Waals surface area contributed by atoms with Crippen LogP contribution in [-0.2, 0) is 14.3 Å². The molecule has 116 valence electrons. The van der Waals surface area contributed by atoms with Crippen LogP contribution in [-0.4, -0.2) is 25.7 Å². The SMILES string of the molecule is COC(=O)C[C@@H](C)C[C@H](C)CCOC(=O)c1ccccc1. The molecule has 0 saturated heterocycles. The molecule has 4 heteroatoms. The number of methoxy groups -OCH3 is 1. The highest BCUT2D eigenvalue weighted by molar-refractivity contribution is 5.89. The molecule has 0 unspecified atom stereocenters. The van der Waals surface area contributed by atoms with E-state index in [0.717, 1.165) is 12.8 Å². The van der Waals surface area contributed by atoms with Crippen LogP contribution in [0.2, 0.25) is 0 Å². The zero-order valence-corrected chi connectivity index (χ0v) is 13.0. The average Bonchev–Trinajstić information content (AvgIpc) is 2.47. The largest absolute Gasteiger partial charge is 0.469 e. The molecular formula is C17H24O4. The summed E-state index contributed by atoms with van der Waals surface area (Å²) in [6.45, 7) is 4.54. The molecule has 1 rings (SSSR count). The molecule has 0 aliphatic carbocycles. The molecule has 2 atom stereocenters. The van der Waals surface area contributed by atoms with Crippen LogP contribution >= 0.6 is 0 Å². The Morgan fingerprint density at radius 1 is 1.10 bits per heavy atom. The summed E-state index contributed by atoms with van der Waals surface area (Å²) in [5.41, 5.74) is 0.573. The molecule has 0 radical (unpaired) electrons. The standard InChI is InChI=1S/C17H24O4/c1-13(11-14(2)12-16(18)20-3)9-10-21-17(19)15-7-5-4-6-8-15/h4-8,13-14H,9-12H2,1-3H3/t13-,14+/m1/s1. The first kappa shape index (κ1) is 17.2. The second-order valence-corrected chi connectivity index (χ2v) is 5.52. The molecule has 0 N–H and O–H groups in total. The van der Waals surface area contributed by atoms with Crippen LogP contribution in [0.4, 0.5) is 0 Å². The number of carbonyl (C=O) groups is 2. The zero-order chi connectivity index (χ0) is 15.7. The van der Waals surface area contributed by atoms with E-state index in [2.05, 4.69) is 11.7 Å². The van der Waals surface area contributed by atoms with Crippen molar-refractivity contribution in [2.75, 3.05) is 13.7 Å². The highest BCUT2D eigenvalue weighted by atomic mass is 16.5. The molecule has 4 nitrogen and oxygen atoms in total. The van der Waals surface area contributed by atoms with Gasteiger partial charge < -0.3 is 9.47 Å². The number of ether oxygens (including phenoxy) is 2. The molecular weight excluding hydrogens is 268 g/mol. The van der Waals surface area contributed by atoms with Crippen LogP contribution in [0.15, 0.2) is 30.3 Å². The average molecular weight is 292 g/mol. The van der Waals surface area contributed by atoms with Crippen molar-refractivity contribution in [1.29, 1.82) is 0 Å². The highest BCUT2D eigenvalue weighted by Gasteiger charge is 2.14. The number of benzene rings is 1. The zero-order valence-electron chi connectivity index (χ0n) is 13.0. The van der Waals surface area contributed by atoms with E-state index < -0.39 is 0 Å². The van der Waals surface area contributed by atoms with E-state index >= 15 is 0 Å². The van der Waals surface area contributed by atoms with Gasteiger partial charge in [0.25, 0.3) is 0 Å². The first-order chi connectivity index (χ1) is 10.0. The number of rotatable bonds is 8. The van der Waals surface area contributed by atoms with Gasteiger partial charge in [-0.15, -0.1) is 0 Å². The van der Waals surface area contributed by atoms with Gasteiger partial charge in [-0.2, -0.15) is 0 Å². The maximum absolute atomic E-state index is 11.7. The lowest BCUT2D eigenvalue weighted by atomic mass is 9.93. The lowest BCUT2D eigenvalue weighted by Crippen LogP contribution is -2.13. The Balaban J connectivity index is 2.23. The maximum atomic E-state index is 11.7. The molecule has 0 heterocycles. The van der Waals surface area contributed by atoms with Gasteiger partial charge in [-0.1, -0.05) is 32.0 Å². The van der Waals surface area contributed by atoms with Crippen LogP contribution in [0.3, 0.4) is 0 Å². The summed E-state index contributed by atoms with van der Waals surface area (Å²) >= 11 is 0. The van der Waals surface area contributed by atoms with Crippen molar-refractivity contribution in [3.8, 4) is 0 Å². The van der Waals surface area contributed by atoms with Crippen LogP contribution in [0, 0.1) is 11.8 Å². The van der Waals surface area contributed by atoms with Gasteiger partial charge in [-0.25, -0.2) is 4.79 Å². The lowest BCUT2D eigenvalue weighted by molar-refractivity contribution is -0.141. The number of hydrogen-bond acceptors (Lipinski definition) is 4. The molecule has 1 aromatic carbocycles. The topological polar surface area (TPSA) is 52.6 Å². The predicted octanol–water partition coefficient (Wildman–Crippen LogP) is 3.46. The van der Waals surface area contributed by atoms with Crippen LogP contribution in [0.5, 0.6) is 0 Å². The van der Waals surface area contributed by atoms with Gasteiger partial charge in [-0.3, -0.25) is 4.79 Å². The van der Waals surface area contributed by atoms with Gasteiger partial charge in [0.2, 0.25) is 0 Å². The third-order valence-electron chi connectivity index (χ3n) is 3.40. The second kappa shape index (κ2) is 9.16. The maximum Gasteiger partial charge on any atom is 0.338 e. The molecule has 0 saturated carbocycles. The van der Waals surface area contributed by atoms with E-state index in [1.807, 2.05) is 25.1 Å². The van der Waals surface area contributed by atoms with Crippen molar-refractivity contribution >= 4 is 11.9 Å². The minimum atomic E-state index is -0.287. The Bertz CT molecular complexity index is 441. The Morgan fingerprint density at radius 3 is 2.38 bits per heavy atom. The van der Waals surface area contributed by atoms with Crippen molar-refractivity contribution in [2.24, 2.45) is 11.8 Å². The van der Waals surface area contributed by atoms with Gasteiger partial charge in [0.05, 0.1) is 19.3 Å². The van der Waals surface area contributed by atoms with E-state index in [1.54, 1.807) is 12.1 Å². The highest BCUT2D eigenvalue weighted by Crippen LogP contribution is 2.18.